The van der Waals surface area contributed by atoms with E-state index in [0.29, 0.717) is 0 Å². The second-order valence-corrected chi connectivity index (χ2v) is 3.48. The Morgan fingerprint density at radius 2 is 2.14 bits per heavy atom. The van der Waals surface area contributed by atoms with E-state index in [4.69, 9.17) is 0 Å². The summed E-state index contributed by atoms with van der Waals surface area (Å²) in [6.07, 6.45) is 6.84. The van der Waals surface area contributed by atoms with Crippen LogP contribution in [0.5, 0.6) is 0 Å². The van der Waals surface area contributed by atoms with Crippen molar-refractivity contribution in [3.63, 3.8) is 0 Å². The Hall–Kier alpha value is -1.83. The van der Waals surface area contributed by atoms with Gasteiger partial charge in [0.05, 0.1) is 0 Å². The van der Waals surface area contributed by atoms with Gasteiger partial charge in [-0.05, 0) is 22.8 Å². The highest BCUT2D eigenvalue weighted by Gasteiger charge is 2.14. The first-order valence-corrected chi connectivity index (χ1v) is 4.72. The van der Waals surface area contributed by atoms with Gasteiger partial charge in [-0.25, -0.2) is 4.98 Å². The molecule has 1 aliphatic carbocycles. The molecule has 0 unspecified atom stereocenters. The minimum atomic E-state index is 0.987. The number of H-pyrrole nitrogens is 1. The van der Waals surface area contributed by atoms with Crippen LogP contribution in [-0.2, 0) is 6.42 Å². The first kappa shape index (κ1) is 7.56. The van der Waals surface area contributed by atoms with Crippen LogP contribution in [0.4, 0.5) is 0 Å². The molecule has 0 bridgehead atoms. The molecule has 2 nitrogen and oxygen atoms in total. The van der Waals surface area contributed by atoms with E-state index in [9.17, 15) is 0 Å². The van der Waals surface area contributed by atoms with Gasteiger partial charge < -0.3 is 4.98 Å². The molecule has 1 aliphatic rings. The molecular formula is C12H10N2. The normalized spacial score (nSPS) is 13.9. The highest BCUT2D eigenvalue weighted by atomic mass is 14.9. The van der Waals surface area contributed by atoms with Crippen LogP contribution in [0.25, 0.3) is 11.6 Å². The van der Waals surface area contributed by atoms with E-state index in [-0.39, 0.29) is 0 Å². The maximum absolute atomic E-state index is 4.26. The smallest absolute Gasteiger partial charge is 0.133 e. The molecular weight excluding hydrogens is 172 g/mol. The number of benzene rings is 1. The van der Waals surface area contributed by atoms with Gasteiger partial charge in [0.1, 0.15) is 5.82 Å². The number of imidazole rings is 1. The van der Waals surface area contributed by atoms with Crippen LogP contribution in [0.2, 0.25) is 0 Å². The van der Waals surface area contributed by atoms with Crippen molar-refractivity contribution < 1.29 is 0 Å². The van der Waals surface area contributed by atoms with Crippen molar-refractivity contribution in [2.24, 2.45) is 0 Å². The molecule has 0 amide bonds. The summed E-state index contributed by atoms with van der Waals surface area (Å²) in [7, 11) is 0. The monoisotopic (exact) mass is 182 g/mol. The fourth-order valence-corrected chi connectivity index (χ4v) is 1.87. The van der Waals surface area contributed by atoms with E-state index < -0.39 is 0 Å². The Morgan fingerprint density at radius 3 is 2.93 bits per heavy atom. The van der Waals surface area contributed by atoms with E-state index >= 15 is 0 Å². The van der Waals surface area contributed by atoms with Crippen LogP contribution >= 0.6 is 0 Å². The van der Waals surface area contributed by atoms with Crippen LogP contribution in [-0.4, -0.2) is 9.97 Å². The number of nitrogens with one attached hydrogen (secondary N) is 1. The number of allylic oxidation sites excluding steroid dienone is 1. The van der Waals surface area contributed by atoms with Crippen molar-refractivity contribution in [3.05, 3.63) is 53.6 Å². The summed E-state index contributed by atoms with van der Waals surface area (Å²) in [4.78, 5) is 7.39. The van der Waals surface area contributed by atoms with Gasteiger partial charge in [0, 0.05) is 18.8 Å². The number of aromatic nitrogens is 2. The van der Waals surface area contributed by atoms with E-state index in [2.05, 4.69) is 40.3 Å². The van der Waals surface area contributed by atoms with Crippen molar-refractivity contribution in [2.75, 3.05) is 0 Å². The molecule has 0 spiro atoms. The topological polar surface area (TPSA) is 28.7 Å². The highest BCUT2D eigenvalue weighted by Crippen LogP contribution is 2.29. The third kappa shape index (κ3) is 1.08. The third-order valence-electron chi connectivity index (χ3n) is 2.57. The molecule has 1 heterocycles. The van der Waals surface area contributed by atoms with Crippen molar-refractivity contribution in [1.29, 1.82) is 0 Å². The zero-order chi connectivity index (χ0) is 9.38. The molecule has 0 atom stereocenters. The first-order chi connectivity index (χ1) is 6.93. The molecule has 1 aromatic carbocycles. The minimum Gasteiger partial charge on any atom is -0.345 e. The molecule has 3 rings (SSSR count). The number of nitrogens with zero attached hydrogens (tertiary/aromatic N) is 1. The molecule has 68 valence electrons. The van der Waals surface area contributed by atoms with Crippen LogP contribution < -0.4 is 0 Å². The summed E-state index contributed by atoms with van der Waals surface area (Å²) in [5, 5.41) is 0. The molecule has 0 fully saturated rings. The fourth-order valence-electron chi connectivity index (χ4n) is 1.87. The quantitative estimate of drug-likeness (QED) is 0.721. The van der Waals surface area contributed by atoms with Gasteiger partial charge in [0.2, 0.25) is 0 Å². The zero-order valence-corrected chi connectivity index (χ0v) is 7.70. The highest BCUT2D eigenvalue weighted by molar-refractivity contribution is 5.86. The van der Waals surface area contributed by atoms with Crippen molar-refractivity contribution in [2.45, 2.75) is 6.42 Å². The summed E-state index contributed by atoms with van der Waals surface area (Å²) < 4.78 is 0. The summed E-state index contributed by atoms with van der Waals surface area (Å²) in [6, 6.07) is 8.46. The van der Waals surface area contributed by atoms with Gasteiger partial charge >= 0.3 is 0 Å². The van der Waals surface area contributed by atoms with Crippen LogP contribution in [0.3, 0.4) is 0 Å². The van der Waals surface area contributed by atoms with Gasteiger partial charge in [-0.1, -0.05) is 24.3 Å². The maximum Gasteiger partial charge on any atom is 0.133 e. The number of hydrogen-bond donors (Lipinski definition) is 1. The summed E-state index contributed by atoms with van der Waals surface area (Å²) in [5.74, 6) is 0.987. The molecule has 0 radical (unpaired) electrons. The van der Waals surface area contributed by atoms with Crippen LogP contribution in [0, 0.1) is 0 Å². The maximum atomic E-state index is 4.26. The van der Waals surface area contributed by atoms with Gasteiger partial charge in [0.25, 0.3) is 0 Å². The number of rotatable bonds is 1. The Morgan fingerprint density at radius 1 is 1.21 bits per heavy atom. The standard InChI is InChI=1S/C12H10N2/c1-2-4-10-8-11(7-9(10)3-1)12-13-5-6-14-12/h1-7H,8H2,(H,13,14). The lowest BCUT2D eigenvalue weighted by atomic mass is 10.1. The zero-order valence-electron chi connectivity index (χ0n) is 7.70. The van der Waals surface area contributed by atoms with Crippen molar-refractivity contribution in [1.82, 2.24) is 9.97 Å². The van der Waals surface area contributed by atoms with Crippen LogP contribution in [0.15, 0.2) is 36.7 Å². The number of aromatic amines is 1. The minimum absolute atomic E-state index is 0.987. The lowest BCUT2D eigenvalue weighted by molar-refractivity contribution is 1.19. The van der Waals surface area contributed by atoms with E-state index in [0.717, 1.165) is 12.2 Å². The van der Waals surface area contributed by atoms with Crippen molar-refractivity contribution in [3.8, 4) is 0 Å². The SMILES string of the molecule is C1=C(c2ncc[nH]2)Cc2ccccc21. The van der Waals surface area contributed by atoms with Gasteiger partial charge in [-0.2, -0.15) is 0 Å². The van der Waals surface area contributed by atoms with Gasteiger partial charge in [-0.3, -0.25) is 0 Å². The Bertz CT molecular complexity index is 481. The predicted octanol–water partition coefficient (Wildman–Crippen LogP) is 2.51. The van der Waals surface area contributed by atoms with Crippen molar-refractivity contribution >= 4 is 11.6 Å². The fraction of sp³-hybridized carbons (Fsp3) is 0.0833. The van der Waals surface area contributed by atoms with E-state index in [1.807, 2.05) is 6.20 Å². The second-order valence-electron chi connectivity index (χ2n) is 3.48. The van der Waals surface area contributed by atoms with E-state index in [1.165, 1.54) is 16.7 Å². The summed E-state index contributed by atoms with van der Waals surface area (Å²) >= 11 is 0. The summed E-state index contributed by atoms with van der Waals surface area (Å²) in [5.41, 5.74) is 3.98. The van der Waals surface area contributed by atoms with Gasteiger partial charge in [-0.15, -0.1) is 0 Å². The molecule has 0 aliphatic heterocycles. The Kier molecular flexibility index (Phi) is 1.53. The molecule has 14 heavy (non-hydrogen) atoms. The molecule has 0 saturated heterocycles. The largest absolute Gasteiger partial charge is 0.345 e. The number of hydrogen-bond acceptors (Lipinski definition) is 1. The molecule has 1 aromatic heterocycles. The molecule has 2 aromatic rings. The third-order valence-corrected chi connectivity index (χ3v) is 2.57. The Balaban J connectivity index is 2.04. The molecule has 2 heteroatoms. The second kappa shape index (κ2) is 2.84. The average Bonchev–Trinajstić information content (AvgIpc) is 2.86. The predicted molar refractivity (Wildman–Crippen MR) is 56.6 cm³/mol. The first-order valence-electron chi connectivity index (χ1n) is 4.72. The number of fused-ring (bicyclic) bond motifs is 1. The van der Waals surface area contributed by atoms with Crippen LogP contribution in [0.1, 0.15) is 17.0 Å². The average molecular weight is 182 g/mol. The molecule has 1 N–H and O–H groups in total. The van der Waals surface area contributed by atoms with Gasteiger partial charge in [0.15, 0.2) is 0 Å². The van der Waals surface area contributed by atoms with E-state index in [1.54, 1.807) is 6.20 Å². The summed E-state index contributed by atoms with van der Waals surface area (Å²) in [6.45, 7) is 0. The lowest BCUT2D eigenvalue weighted by Crippen LogP contribution is -1.87. The molecule has 0 saturated carbocycles. The lowest BCUT2D eigenvalue weighted by Gasteiger charge is -1.96. The Labute approximate surface area is 82.3 Å².